The maximum Gasteiger partial charge on any atom is 0.232 e. The van der Waals surface area contributed by atoms with Crippen LogP contribution in [-0.2, 0) is 4.79 Å². The summed E-state index contributed by atoms with van der Waals surface area (Å²) >= 11 is 1.65. The van der Waals surface area contributed by atoms with Gasteiger partial charge in [-0.2, -0.15) is 0 Å². The molecule has 0 bridgehead atoms. The van der Waals surface area contributed by atoms with Crippen LogP contribution < -0.4 is 9.47 Å². The van der Waals surface area contributed by atoms with Gasteiger partial charge in [0.1, 0.15) is 11.5 Å². The van der Waals surface area contributed by atoms with E-state index in [0.29, 0.717) is 18.4 Å². The van der Waals surface area contributed by atoms with E-state index in [9.17, 15) is 4.79 Å². The van der Waals surface area contributed by atoms with Crippen molar-refractivity contribution < 1.29 is 14.3 Å². The summed E-state index contributed by atoms with van der Waals surface area (Å²) in [4.78, 5) is 14.2. The Kier molecular flexibility index (Phi) is 8.29. The van der Waals surface area contributed by atoms with Crippen LogP contribution in [0.1, 0.15) is 39.5 Å². The van der Waals surface area contributed by atoms with Crippen molar-refractivity contribution in [3.8, 4) is 11.5 Å². The monoisotopic (exact) mass is 351 g/mol. The highest BCUT2D eigenvalue weighted by Crippen LogP contribution is 2.19. The molecule has 0 aromatic heterocycles. The Morgan fingerprint density at radius 2 is 1.83 bits per heavy atom. The third-order valence-electron chi connectivity index (χ3n) is 4.14. The minimum Gasteiger partial charge on any atom is -0.494 e. The van der Waals surface area contributed by atoms with Crippen LogP contribution in [0.5, 0.6) is 11.5 Å². The molecule has 1 aliphatic rings. The standard InChI is InChI=1S/C19H29NO3S/c1-3-12-22-17-7-9-18(10-8-17)23-13-14-24-15-19(21)20-11-5-4-6-16(20)2/h7-10,16H,3-6,11-15H2,1-2H3. The van der Waals surface area contributed by atoms with Crippen LogP contribution in [0.2, 0.25) is 0 Å². The lowest BCUT2D eigenvalue weighted by atomic mass is 10.0. The first-order chi connectivity index (χ1) is 11.7. The number of piperidine rings is 1. The first-order valence-electron chi connectivity index (χ1n) is 8.93. The van der Waals surface area contributed by atoms with Crippen molar-refractivity contribution in [1.82, 2.24) is 4.90 Å². The Morgan fingerprint density at radius 3 is 2.46 bits per heavy atom. The topological polar surface area (TPSA) is 38.8 Å². The lowest BCUT2D eigenvalue weighted by Gasteiger charge is -2.33. The molecule has 2 rings (SSSR count). The Balaban J connectivity index is 1.60. The van der Waals surface area contributed by atoms with Gasteiger partial charge in [-0.05, 0) is 56.9 Å². The number of ether oxygens (including phenoxy) is 2. The zero-order chi connectivity index (χ0) is 17.2. The smallest absolute Gasteiger partial charge is 0.232 e. The molecular weight excluding hydrogens is 322 g/mol. The number of carbonyl (C=O) groups excluding carboxylic acids is 1. The fourth-order valence-corrected chi connectivity index (χ4v) is 3.47. The Bertz CT molecular complexity index is 492. The largest absolute Gasteiger partial charge is 0.494 e. The molecule has 0 N–H and O–H groups in total. The van der Waals surface area contributed by atoms with E-state index in [-0.39, 0.29) is 5.91 Å². The molecule has 1 aliphatic heterocycles. The Hall–Kier alpha value is -1.36. The molecule has 1 aromatic carbocycles. The number of nitrogens with zero attached hydrogens (tertiary/aromatic N) is 1. The molecule has 1 unspecified atom stereocenters. The summed E-state index contributed by atoms with van der Waals surface area (Å²) < 4.78 is 11.3. The predicted molar refractivity (Wildman–Crippen MR) is 100 cm³/mol. The fourth-order valence-electron chi connectivity index (χ4n) is 2.78. The van der Waals surface area contributed by atoms with E-state index in [1.165, 1.54) is 6.42 Å². The highest BCUT2D eigenvalue weighted by molar-refractivity contribution is 7.99. The Morgan fingerprint density at radius 1 is 1.17 bits per heavy atom. The van der Waals surface area contributed by atoms with E-state index >= 15 is 0 Å². The van der Waals surface area contributed by atoms with Gasteiger partial charge in [-0.3, -0.25) is 4.79 Å². The molecule has 24 heavy (non-hydrogen) atoms. The van der Waals surface area contributed by atoms with Gasteiger partial charge < -0.3 is 14.4 Å². The lowest BCUT2D eigenvalue weighted by Crippen LogP contribution is -2.43. The van der Waals surface area contributed by atoms with Crippen LogP contribution in [0.15, 0.2) is 24.3 Å². The maximum atomic E-state index is 12.2. The SMILES string of the molecule is CCCOc1ccc(OCCSCC(=O)N2CCCCC2C)cc1. The van der Waals surface area contributed by atoms with Crippen LogP contribution in [0.25, 0.3) is 0 Å². The van der Waals surface area contributed by atoms with Crippen molar-refractivity contribution >= 4 is 17.7 Å². The van der Waals surface area contributed by atoms with Gasteiger partial charge in [0.25, 0.3) is 0 Å². The number of benzene rings is 1. The summed E-state index contributed by atoms with van der Waals surface area (Å²) in [5, 5.41) is 0. The van der Waals surface area contributed by atoms with E-state index in [2.05, 4.69) is 13.8 Å². The van der Waals surface area contributed by atoms with E-state index in [1.54, 1.807) is 11.8 Å². The van der Waals surface area contributed by atoms with Crippen molar-refractivity contribution in [3.63, 3.8) is 0 Å². The molecule has 5 heteroatoms. The van der Waals surface area contributed by atoms with Crippen molar-refractivity contribution in [2.24, 2.45) is 0 Å². The van der Waals surface area contributed by atoms with E-state index in [0.717, 1.165) is 49.7 Å². The second-order valence-corrected chi connectivity index (χ2v) is 7.26. The number of carbonyl (C=O) groups is 1. The van der Waals surface area contributed by atoms with Crippen LogP contribution in [0, 0.1) is 0 Å². The number of thioether (sulfide) groups is 1. The zero-order valence-electron chi connectivity index (χ0n) is 14.8. The lowest BCUT2D eigenvalue weighted by molar-refractivity contribution is -0.131. The normalized spacial score (nSPS) is 17.6. The van der Waals surface area contributed by atoms with Gasteiger partial charge in [-0.25, -0.2) is 0 Å². The minimum atomic E-state index is 0.268. The summed E-state index contributed by atoms with van der Waals surface area (Å²) in [6.07, 6.45) is 4.53. The van der Waals surface area contributed by atoms with Crippen LogP contribution >= 0.6 is 11.8 Å². The fraction of sp³-hybridized carbons (Fsp3) is 0.632. The quantitative estimate of drug-likeness (QED) is 0.631. The van der Waals surface area contributed by atoms with Crippen LogP contribution in [0.3, 0.4) is 0 Å². The number of hydrogen-bond acceptors (Lipinski definition) is 4. The van der Waals surface area contributed by atoms with Crippen molar-refractivity contribution in [2.45, 2.75) is 45.6 Å². The average molecular weight is 352 g/mol. The molecule has 1 heterocycles. The molecule has 1 aromatic rings. The van der Waals surface area contributed by atoms with Crippen molar-refractivity contribution in [2.75, 3.05) is 31.3 Å². The number of rotatable bonds is 9. The van der Waals surface area contributed by atoms with Gasteiger partial charge >= 0.3 is 0 Å². The van der Waals surface area contributed by atoms with Gasteiger partial charge in [-0.15, -0.1) is 11.8 Å². The highest BCUT2D eigenvalue weighted by atomic mass is 32.2. The average Bonchev–Trinajstić information content (AvgIpc) is 2.61. The van der Waals surface area contributed by atoms with E-state index in [1.807, 2.05) is 29.2 Å². The van der Waals surface area contributed by atoms with Gasteiger partial charge in [0.05, 0.1) is 19.0 Å². The molecule has 4 nitrogen and oxygen atoms in total. The second kappa shape index (κ2) is 10.5. The molecule has 1 saturated heterocycles. The first kappa shape index (κ1) is 19.0. The maximum absolute atomic E-state index is 12.2. The summed E-state index contributed by atoms with van der Waals surface area (Å²) in [6, 6.07) is 8.11. The van der Waals surface area contributed by atoms with Gasteiger partial charge in [-0.1, -0.05) is 6.92 Å². The minimum absolute atomic E-state index is 0.268. The molecule has 1 atom stereocenters. The molecule has 1 fully saturated rings. The molecule has 1 amide bonds. The van der Waals surface area contributed by atoms with Gasteiger partial charge in [0.15, 0.2) is 0 Å². The van der Waals surface area contributed by atoms with E-state index in [4.69, 9.17) is 9.47 Å². The highest BCUT2D eigenvalue weighted by Gasteiger charge is 2.22. The molecule has 0 saturated carbocycles. The molecular formula is C19H29NO3S. The van der Waals surface area contributed by atoms with Crippen LogP contribution in [0.4, 0.5) is 0 Å². The van der Waals surface area contributed by atoms with Gasteiger partial charge in [0.2, 0.25) is 5.91 Å². The summed E-state index contributed by atoms with van der Waals surface area (Å²) in [5.41, 5.74) is 0. The summed E-state index contributed by atoms with van der Waals surface area (Å²) in [7, 11) is 0. The van der Waals surface area contributed by atoms with Crippen LogP contribution in [-0.4, -0.2) is 48.1 Å². The first-order valence-corrected chi connectivity index (χ1v) is 10.1. The predicted octanol–water partition coefficient (Wildman–Crippen LogP) is 3.99. The third kappa shape index (κ3) is 6.27. The van der Waals surface area contributed by atoms with E-state index < -0.39 is 0 Å². The molecule has 134 valence electrons. The number of hydrogen-bond donors (Lipinski definition) is 0. The number of likely N-dealkylation sites (tertiary alicyclic amines) is 1. The molecule has 0 radical (unpaired) electrons. The summed E-state index contributed by atoms with van der Waals surface area (Å²) in [6.45, 7) is 6.51. The number of amides is 1. The Labute approximate surface area is 149 Å². The third-order valence-corrected chi connectivity index (χ3v) is 5.05. The molecule has 0 spiro atoms. The zero-order valence-corrected chi connectivity index (χ0v) is 15.6. The second-order valence-electron chi connectivity index (χ2n) is 6.15. The van der Waals surface area contributed by atoms with Crippen molar-refractivity contribution in [1.29, 1.82) is 0 Å². The van der Waals surface area contributed by atoms with Crippen molar-refractivity contribution in [3.05, 3.63) is 24.3 Å². The molecule has 0 aliphatic carbocycles. The summed E-state index contributed by atoms with van der Waals surface area (Å²) in [5.74, 6) is 3.36. The van der Waals surface area contributed by atoms with Gasteiger partial charge in [0, 0.05) is 18.3 Å².